The van der Waals surface area contributed by atoms with Gasteiger partial charge in [0.25, 0.3) is 5.69 Å². The highest BCUT2D eigenvalue weighted by Crippen LogP contribution is 2.15. The van der Waals surface area contributed by atoms with Crippen LogP contribution in [0.2, 0.25) is 5.02 Å². The fraction of sp³-hybridized carbons (Fsp3) is 0.176. The number of non-ortho nitro benzene ring substituents is 1. The lowest BCUT2D eigenvalue weighted by molar-refractivity contribution is -0.384. The number of benzene rings is 2. The molecule has 0 fully saturated rings. The maximum absolute atomic E-state index is 11.8. The highest BCUT2D eigenvalue weighted by molar-refractivity contribution is 7.99. The predicted molar refractivity (Wildman–Crippen MR) is 101 cm³/mol. The minimum absolute atomic E-state index is 0.0168. The van der Waals surface area contributed by atoms with Crippen molar-refractivity contribution in [2.45, 2.75) is 12.7 Å². The number of carbonyl (C=O) groups excluding carboxylic acids is 1. The summed E-state index contributed by atoms with van der Waals surface area (Å²) in [6.45, 7) is 1.68. The highest BCUT2D eigenvalue weighted by atomic mass is 35.5. The average molecular weight is 378 g/mol. The lowest BCUT2D eigenvalue weighted by Crippen LogP contribution is -2.21. The van der Waals surface area contributed by atoms with Crippen molar-refractivity contribution in [2.75, 3.05) is 5.75 Å². The van der Waals surface area contributed by atoms with Gasteiger partial charge in [0.05, 0.1) is 16.4 Å². The third kappa shape index (κ3) is 6.21. The number of hydrogen-bond acceptors (Lipinski definition) is 5. The molecule has 2 rings (SSSR count). The molecular formula is C17H16ClN3O3S. The number of halogens is 1. The molecule has 130 valence electrons. The van der Waals surface area contributed by atoms with Crippen LogP contribution in [0.5, 0.6) is 0 Å². The van der Waals surface area contributed by atoms with Crippen LogP contribution in [-0.4, -0.2) is 22.3 Å². The summed E-state index contributed by atoms with van der Waals surface area (Å²) in [6.07, 6.45) is 0. The van der Waals surface area contributed by atoms with Crippen molar-refractivity contribution in [1.82, 2.24) is 5.43 Å². The summed E-state index contributed by atoms with van der Waals surface area (Å²) >= 11 is 7.28. The standard InChI is InChI=1S/C17H16ClN3O3S/c1-12(14-3-2-4-16(9-14)21(23)24)19-20-17(22)11-25-10-13-5-7-15(18)8-6-13/h2-9H,10-11H2,1H3,(H,20,22)/b19-12-. The van der Waals surface area contributed by atoms with E-state index in [2.05, 4.69) is 10.5 Å². The molecular weight excluding hydrogens is 362 g/mol. The lowest BCUT2D eigenvalue weighted by Gasteiger charge is -2.04. The molecule has 0 saturated carbocycles. The number of nitrogens with one attached hydrogen (secondary N) is 1. The Morgan fingerprint density at radius 1 is 1.28 bits per heavy atom. The molecule has 6 nitrogen and oxygen atoms in total. The fourth-order valence-corrected chi connectivity index (χ4v) is 2.84. The summed E-state index contributed by atoms with van der Waals surface area (Å²) in [4.78, 5) is 22.1. The van der Waals surface area contributed by atoms with Crippen LogP contribution in [0.25, 0.3) is 0 Å². The molecule has 25 heavy (non-hydrogen) atoms. The van der Waals surface area contributed by atoms with E-state index in [1.54, 1.807) is 19.1 Å². The van der Waals surface area contributed by atoms with Crippen molar-refractivity contribution in [2.24, 2.45) is 5.10 Å². The first kappa shape index (κ1) is 19.0. The smallest absolute Gasteiger partial charge is 0.270 e. The summed E-state index contributed by atoms with van der Waals surface area (Å²) in [6, 6.07) is 13.6. The molecule has 1 N–H and O–H groups in total. The largest absolute Gasteiger partial charge is 0.272 e. The van der Waals surface area contributed by atoms with Gasteiger partial charge in [-0.05, 0) is 24.6 Å². The Morgan fingerprint density at radius 3 is 2.68 bits per heavy atom. The molecule has 0 heterocycles. The summed E-state index contributed by atoms with van der Waals surface area (Å²) in [5, 5.41) is 15.5. The van der Waals surface area contributed by atoms with E-state index >= 15 is 0 Å². The molecule has 0 atom stereocenters. The zero-order valence-electron chi connectivity index (χ0n) is 13.4. The van der Waals surface area contributed by atoms with E-state index in [1.807, 2.05) is 24.3 Å². The first-order chi connectivity index (χ1) is 12.0. The molecule has 0 aliphatic rings. The Labute approximate surface area is 154 Å². The van der Waals surface area contributed by atoms with Gasteiger partial charge in [0, 0.05) is 28.5 Å². The van der Waals surface area contributed by atoms with Gasteiger partial charge in [-0.1, -0.05) is 35.9 Å². The van der Waals surface area contributed by atoms with Gasteiger partial charge in [0.1, 0.15) is 0 Å². The van der Waals surface area contributed by atoms with Crippen molar-refractivity contribution in [3.05, 3.63) is 74.8 Å². The lowest BCUT2D eigenvalue weighted by atomic mass is 10.1. The van der Waals surface area contributed by atoms with Gasteiger partial charge >= 0.3 is 0 Å². The molecule has 0 aliphatic carbocycles. The van der Waals surface area contributed by atoms with E-state index in [0.717, 1.165) is 5.56 Å². The number of carbonyl (C=O) groups is 1. The second-order valence-corrected chi connectivity index (χ2v) is 6.58. The number of amides is 1. The zero-order chi connectivity index (χ0) is 18.2. The highest BCUT2D eigenvalue weighted by Gasteiger charge is 2.08. The van der Waals surface area contributed by atoms with Gasteiger partial charge in [-0.2, -0.15) is 5.10 Å². The zero-order valence-corrected chi connectivity index (χ0v) is 15.0. The van der Waals surface area contributed by atoms with Crippen molar-refractivity contribution in [3.8, 4) is 0 Å². The molecule has 2 aromatic rings. The summed E-state index contributed by atoms with van der Waals surface area (Å²) < 4.78 is 0. The van der Waals surface area contributed by atoms with Crippen LogP contribution in [0, 0.1) is 10.1 Å². The van der Waals surface area contributed by atoms with E-state index in [1.165, 1.54) is 23.9 Å². The fourth-order valence-electron chi connectivity index (χ4n) is 1.93. The number of nitro groups is 1. The van der Waals surface area contributed by atoms with Gasteiger partial charge in [-0.25, -0.2) is 5.43 Å². The van der Waals surface area contributed by atoms with Crippen LogP contribution < -0.4 is 5.43 Å². The van der Waals surface area contributed by atoms with Crippen molar-refractivity contribution in [3.63, 3.8) is 0 Å². The van der Waals surface area contributed by atoms with Crippen LogP contribution in [0.1, 0.15) is 18.1 Å². The molecule has 0 spiro atoms. The van der Waals surface area contributed by atoms with Gasteiger partial charge in [-0.3, -0.25) is 14.9 Å². The third-order valence-corrected chi connectivity index (χ3v) is 4.49. The Bertz CT molecular complexity index is 794. The predicted octanol–water partition coefficient (Wildman–Crippen LogP) is 4.02. The number of hydrogen-bond donors (Lipinski definition) is 1. The quantitative estimate of drug-likeness (QED) is 0.448. The number of nitrogens with zero attached hydrogens (tertiary/aromatic N) is 2. The summed E-state index contributed by atoms with van der Waals surface area (Å²) in [5.74, 6) is 0.718. The molecule has 0 aliphatic heterocycles. The molecule has 0 saturated heterocycles. The van der Waals surface area contributed by atoms with Crippen molar-refractivity contribution < 1.29 is 9.72 Å². The maximum atomic E-state index is 11.8. The third-order valence-electron chi connectivity index (χ3n) is 3.24. The van der Waals surface area contributed by atoms with E-state index in [0.29, 0.717) is 22.1 Å². The molecule has 0 radical (unpaired) electrons. The maximum Gasteiger partial charge on any atom is 0.270 e. The van der Waals surface area contributed by atoms with Gasteiger partial charge in [-0.15, -0.1) is 11.8 Å². The summed E-state index contributed by atoms with van der Waals surface area (Å²) in [7, 11) is 0. The number of hydrazone groups is 1. The van der Waals surface area contributed by atoms with Crippen molar-refractivity contribution >= 4 is 40.7 Å². The molecule has 0 aromatic heterocycles. The Kier molecular flexibility index (Phi) is 6.97. The van der Waals surface area contributed by atoms with Gasteiger partial charge < -0.3 is 0 Å². The van der Waals surface area contributed by atoms with Crippen molar-refractivity contribution in [1.29, 1.82) is 0 Å². The minimum atomic E-state index is -0.469. The Hall–Kier alpha value is -2.38. The molecule has 0 unspecified atom stereocenters. The van der Waals surface area contributed by atoms with Crippen LogP contribution in [0.15, 0.2) is 53.6 Å². The van der Waals surface area contributed by atoms with Crippen LogP contribution >= 0.6 is 23.4 Å². The first-order valence-corrected chi connectivity index (χ1v) is 8.89. The molecule has 8 heteroatoms. The van der Waals surface area contributed by atoms with Crippen LogP contribution in [-0.2, 0) is 10.5 Å². The Morgan fingerprint density at radius 2 is 2.00 bits per heavy atom. The van der Waals surface area contributed by atoms with E-state index < -0.39 is 4.92 Å². The average Bonchev–Trinajstić information content (AvgIpc) is 2.61. The molecule has 1 amide bonds. The van der Waals surface area contributed by atoms with E-state index in [4.69, 9.17) is 11.6 Å². The molecule has 0 bridgehead atoms. The van der Waals surface area contributed by atoms with E-state index in [-0.39, 0.29) is 17.3 Å². The van der Waals surface area contributed by atoms with Crippen LogP contribution in [0.3, 0.4) is 0 Å². The number of thioether (sulfide) groups is 1. The second-order valence-electron chi connectivity index (χ2n) is 5.16. The SMILES string of the molecule is C/C(=N/NC(=O)CSCc1ccc(Cl)cc1)c1cccc([N+](=O)[O-])c1. The monoisotopic (exact) mass is 377 g/mol. The normalized spacial score (nSPS) is 11.2. The van der Waals surface area contributed by atoms with Gasteiger partial charge in [0.15, 0.2) is 0 Å². The first-order valence-electron chi connectivity index (χ1n) is 7.36. The van der Waals surface area contributed by atoms with Crippen LogP contribution in [0.4, 0.5) is 5.69 Å². The molecule has 2 aromatic carbocycles. The van der Waals surface area contributed by atoms with E-state index in [9.17, 15) is 14.9 Å². The number of rotatable bonds is 7. The Balaban J connectivity index is 1.83. The topological polar surface area (TPSA) is 84.6 Å². The minimum Gasteiger partial charge on any atom is -0.272 e. The number of nitro benzene ring substituents is 1. The second kappa shape index (κ2) is 9.19. The van der Waals surface area contributed by atoms with Gasteiger partial charge in [0.2, 0.25) is 5.91 Å². The summed E-state index contributed by atoms with van der Waals surface area (Å²) in [5.41, 5.74) is 4.61.